The van der Waals surface area contributed by atoms with Gasteiger partial charge in [-0.1, -0.05) is 71.1 Å². The van der Waals surface area contributed by atoms with Crippen LogP contribution in [0.15, 0.2) is 0 Å². The van der Waals surface area contributed by atoms with Gasteiger partial charge in [-0.15, -0.1) is 0 Å². The van der Waals surface area contributed by atoms with Gasteiger partial charge in [-0.05, 0) is 6.42 Å². The molecule has 1 rings (SSSR count). The Bertz CT molecular complexity index is 255. The minimum absolute atomic E-state index is 0.145. The van der Waals surface area contributed by atoms with E-state index in [4.69, 9.17) is 4.74 Å². The molecule has 0 saturated carbocycles. The minimum Gasteiger partial charge on any atom is -0.449 e. The quantitative estimate of drug-likeness (QED) is 0.491. The fraction of sp³-hybridized carbons (Fsp3) is 0.941. The molecule has 1 fully saturated rings. The molecular weight excluding hydrogens is 250 g/mol. The van der Waals surface area contributed by atoms with E-state index in [1.807, 2.05) is 7.05 Å². The lowest BCUT2D eigenvalue weighted by atomic mass is 10.0. The lowest BCUT2D eigenvalue weighted by Crippen LogP contribution is -2.42. The Hall–Kier alpha value is -0.730. The van der Waals surface area contributed by atoms with Crippen molar-refractivity contribution in [1.29, 1.82) is 0 Å². The maximum atomic E-state index is 11.4. The van der Waals surface area contributed by atoms with E-state index < -0.39 is 0 Å². The summed E-state index contributed by atoms with van der Waals surface area (Å²) in [6.07, 6.45) is 15.7. The largest absolute Gasteiger partial charge is 0.449 e. The molecule has 0 aromatic heterocycles. The van der Waals surface area contributed by atoms with Crippen molar-refractivity contribution < 1.29 is 9.53 Å². The molecule has 0 aromatic carbocycles. The second kappa shape index (κ2) is 11.0. The van der Waals surface area contributed by atoms with Crippen molar-refractivity contribution in [3.05, 3.63) is 0 Å². The summed E-state index contributed by atoms with van der Waals surface area (Å²) < 4.78 is 5.01. The van der Waals surface area contributed by atoms with Crippen molar-refractivity contribution in [3.63, 3.8) is 0 Å². The Kier molecular flexibility index (Phi) is 9.52. The van der Waals surface area contributed by atoms with Crippen LogP contribution in [0, 0.1) is 0 Å². The molecular formula is C17H33NO2. The molecule has 1 aliphatic heterocycles. The molecule has 0 aromatic rings. The van der Waals surface area contributed by atoms with Crippen LogP contribution in [0.2, 0.25) is 0 Å². The molecule has 3 heteroatoms. The fourth-order valence-electron chi connectivity index (χ4n) is 2.93. The summed E-state index contributed by atoms with van der Waals surface area (Å²) in [5.74, 6) is 0. The molecule has 1 unspecified atom stereocenters. The van der Waals surface area contributed by atoms with Crippen molar-refractivity contribution in [3.8, 4) is 0 Å². The second-order valence-electron chi connectivity index (χ2n) is 6.14. The standard InChI is InChI=1S/C17H33NO2/c1-3-4-5-6-7-8-9-10-11-12-13-16-14-15-20-17(19)18(16)2/h16H,3-15H2,1-2H3. The van der Waals surface area contributed by atoms with E-state index in [-0.39, 0.29) is 6.09 Å². The Labute approximate surface area is 125 Å². The van der Waals surface area contributed by atoms with E-state index in [0.717, 1.165) is 12.8 Å². The Balaban J connectivity index is 1.88. The third-order valence-electron chi connectivity index (χ3n) is 4.40. The Morgan fingerprint density at radius 2 is 1.55 bits per heavy atom. The average Bonchev–Trinajstić information content (AvgIpc) is 2.45. The fourth-order valence-corrected chi connectivity index (χ4v) is 2.93. The SMILES string of the molecule is CCCCCCCCCCCCC1CCOC(=O)N1C. The highest BCUT2D eigenvalue weighted by atomic mass is 16.6. The van der Waals surface area contributed by atoms with E-state index in [0.29, 0.717) is 12.6 Å². The topological polar surface area (TPSA) is 29.5 Å². The molecule has 20 heavy (non-hydrogen) atoms. The van der Waals surface area contributed by atoms with Crippen molar-refractivity contribution in [1.82, 2.24) is 4.90 Å². The lowest BCUT2D eigenvalue weighted by Gasteiger charge is -2.31. The predicted octanol–water partition coefficient (Wildman–Crippen LogP) is 5.14. The zero-order chi connectivity index (χ0) is 14.6. The van der Waals surface area contributed by atoms with Gasteiger partial charge in [0.15, 0.2) is 0 Å². The van der Waals surface area contributed by atoms with Gasteiger partial charge in [0, 0.05) is 19.5 Å². The number of amides is 1. The van der Waals surface area contributed by atoms with E-state index in [9.17, 15) is 4.79 Å². The van der Waals surface area contributed by atoms with Crippen LogP contribution in [0.5, 0.6) is 0 Å². The first kappa shape index (κ1) is 17.3. The first-order valence-corrected chi connectivity index (χ1v) is 8.65. The number of hydrogen-bond donors (Lipinski definition) is 0. The normalized spacial score (nSPS) is 19.2. The number of carbonyl (C=O) groups excluding carboxylic acids is 1. The van der Waals surface area contributed by atoms with E-state index in [2.05, 4.69) is 6.92 Å². The van der Waals surface area contributed by atoms with Crippen molar-refractivity contribution in [2.75, 3.05) is 13.7 Å². The number of nitrogens with zero attached hydrogens (tertiary/aromatic N) is 1. The molecule has 0 aliphatic carbocycles. The lowest BCUT2D eigenvalue weighted by molar-refractivity contribution is 0.0531. The van der Waals surface area contributed by atoms with Gasteiger partial charge >= 0.3 is 6.09 Å². The van der Waals surface area contributed by atoms with Crippen LogP contribution in [0.4, 0.5) is 4.79 Å². The number of hydrogen-bond acceptors (Lipinski definition) is 2. The maximum absolute atomic E-state index is 11.4. The van der Waals surface area contributed by atoms with Gasteiger partial charge < -0.3 is 9.64 Å². The molecule has 0 N–H and O–H groups in total. The number of unbranched alkanes of at least 4 members (excludes halogenated alkanes) is 9. The summed E-state index contributed by atoms with van der Waals surface area (Å²) in [7, 11) is 1.86. The molecule has 0 spiro atoms. The maximum Gasteiger partial charge on any atom is 0.409 e. The first-order chi connectivity index (χ1) is 9.75. The van der Waals surface area contributed by atoms with E-state index in [1.54, 1.807) is 4.90 Å². The number of ether oxygens (including phenoxy) is 1. The molecule has 1 atom stereocenters. The summed E-state index contributed by atoms with van der Waals surface area (Å²) >= 11 is 0. The van der Waals surface area contributed by atoms with Gasteiger partial charge in [-0.3, -0.25) is 0 Å². The summed E-state index contributed by atoms with van der Waals surface area (Å²) in [5, 5.41) is 0. The van der Waals surface area contributed by atoms with Gasteiger partial charge in [-0.2, -0.15) is 0 Å². The van der Waals surface area contributed by atoms with Crippen LogP contribution in [0.25, 0.3) is 0 Å². The number of cyclic esters (lactones) is 1. The number of carbonyl (C=O) groups is 1. The number of rotatable bonds is 11. The van der Waals surface area contributed by atoms with Crippen molar-refractivity contribution in [2.45, 2.75) is 90.0 Å². The highest BCUT2D eigenvalue weighted by Crippen LogP contribution is 2.18. The van der Waals surface area contributed by atoms with Gasteiger partial charge in [-0.25, -0.2) is 4.79 Å². The molecule has 118 valence electrons. The van der Waals surface area contributed by atoms with Crippen LogP contribution < -0.4 is 0 Å². The summed E-state index contributed by atoms with van der Waals surface area (Å²) in [4.78, 5) is 13.2. The molecule has 1 heterocycles. The molecule has 1 aliphatic rings. The zero-order valence-electron chi connectivity index (χ0n) is 13.5. The van der Waals surface area contributed by atoms with Crippen molar-refractivity contribution in [2.24, 2.45) is 0 Å². The van der Waals surface area contributed by atoms with Crippen LogP contribution in [0.1, 0.15) is 84.0 Å². The van der Waals surface area contributed by atoms with Gasteiger partial charge in [0.05, 0.1) is 6.61 Å². The van der Waals surface area contributed by atoms with Crippen LogP contribution >= 0.6 is 0 Å². The monoisotopic (exact) mass is 283 g/mol. The summed E-state index contributed by atoms with van der Waals surface area (Å²) in [6, 6.07) is 0.408. The highest BCUT2D eigenvalue weighted by molar-refractivity contribution is 5.68. The second-order valence-corrected chi connectivity index (χ2v) is 6.14. The smallest absolute Gasteiger partial charge is 0.409 e. The van der Waals surface area contributed by atoms with E-state index >= 15 is 0 Å². The molecule has 3 nitrogen and oxygen atoms in total. The van der Waals surface area contributed by atoms with Gasteiger partial charge in [0.2, 0.25) is 0 Å². The average molecular weight is 283 g/mol. The van der Waals surface area contributed by atoms with E-state index in [1.165, 1.54) is 64.2 Å². The molecule has 0 radical (unpaired) electrons. The van der Waals surface area contributed by atoms with Crippen LogP contribution in [0.3, 0.4) is 0 Å². The Morgan fingerprint density at radius 1 is 1.00 bits per heavy atom. The van der Waals surface area contributed by atoms with Crippen molar-refractivity contribution >= 4 is 6.09 Å². The zero-order valence-corrected chi connectivity index (χ0v) is 13.5. The van der Waals surface area contributed by atoms with Gasteiger partial charge in [0.1, 0.15) is 0 Å². The third-order valence-corrected chi connectivity index (χ3v) is 4.40. The summed E-state index contributed by atoms with van der Waals surface area (Å²) in [5.41, 5.74) is 0. The molecule has 0 bridgehead atoms. The highest BCUT2D eigenvalue weighted by Gasteiger charge is 2.25. The third kappa shape index (κ3) is 7.16. The summed E-state index contributed by atoms with van der Waals surface area (Å²) in [6.45, 7) is 2.87. The van der Waals surface area contributed by atoms with Crippen LogP contribution in [-0.4, -0.2) is 30.7 Å². The first-order valence-electron chi connectivity index (χ1n) is 8.65. The Morgan fingerprint density at radius 3 is 2.15 bits per heavy atom. The van der Waals surface area contributed by atoms with Crippen LogP contribution in [-0.2, 0) is 4.74 Å². The van der Waals surface area contributed by atoms with Gasteiger partial charge in [0.25, 0.3) is 0 Å². The minimum atomic E-state index is -0.145. The molecule has 1 amide bonds. The predicted molar refractivity (Wildman–Crippen MR) is 84.0 cm³/mol. The molecule has 1 saturated heterocycles.